The molecule has 0 bridgehead atoms. The number of hydrogen-bond donors (Lipinski definition) is 7. The second-order valence-electron chi connectivity index (χ2n) is 13.1. The summed E-state index contributed by atoms with van der Waals surface area (Å²) in [5, 5.41) is 74.7. The van der Waals surface area contributed by atoms with Gasteiger partial charge in [0.05, 0.1) is 11.8 Å². The van der Waals surface area contributed by atoms with Gasteiger partial charge in [0.1, 0.15) is 63.4 Å². The van der Waals surface area contributed by atoms with Crippen LogP contribution in [0.1, 0.15) is 56.1 Å². The lowest BCUT2D eigenvalue weighted by Crippen LogP contribution is -2.18. The Hall–Kier alpha value is -7.07. The number of ketones is 1. The number of hydrogen-bond acceptors (Lipinski definition) is 10. The Labute approximate surface area is 294 Å². The van der Waals surface area contributed by atoms with Crippen LogP contribution in [0.5, 0.6) is 46.0 Å². The Morgan fingerprint density at radius 3 is 1.73 bits per heavy atom. The summed E-state index contributed by atoms with van der Waals surface area (Å²) in [6.45, 7) is 0. The van der Waals surface area contributed by atoms with E-state index in [-0.39, 0.29) is 57.0 Å². The third-order valence-corrected chi connectivity index (χ3v) is 9.92. The molecule has 52 heavy (non-hydrogen) atoms. The molecule has 256 valence electrons. The molecule has 1 aliphatic heterocycles. The van der Waals surface area contributed by atoms with Crippen molar-refractivity contribution in [3.63, 3.8) is 0 Å². The molecule has 1 aromatic heterocycles. The average molecular weight is 693 g/mol. The first-order chi connectivity index (χ1) is 25.0. The SMILES string of the molecule is O=C1c2c3c(cc4oc(-c5ccc(O)cc5)c(c24)-c2cc(O)cc(O)c2C1c1ccc(O)cc1)OC(c1ccc(O)cc1)C3c1cc(O)cc(O)c1. The average Bonchev–Trinajstić information content (AvgIpc) is 3.64. The van der Waals surface area contributed by atoms with E-state index in [1.165, 1.54) is 66.7 Å². The van der Waals surface area contributed by atoms with Gasteiger partial charge >= 0.3 is 0 Å². The fourth-order valence-corrected chi connectivity index (χ4v) is 7.80. The molecule has 2 heterocycles. The summed E-state index contributed by atoms with van der Waals surface area (Å²) in [6.07, 6.45) is -0.803. The molecule has 6 aromatic carbocycles. The molecule has 3 unspecified atom stereocenters. The van der Waals surface area contributed by atoms with Crippen molar-refractivity contribution in [2.75, 3.05) is 0 Å². The maximum absolute atomic E-state index is 15.6. The fourth-order valence-electron chi connectivity index (χ4n) is 7.80. The molecule has 10 heteroatoms. The molecule has 3 atom stereocenters. The molecule has 0 saturated carbocycles. The highest BCUT2D eigenvalue weighted by Gasteiger charge is 2.46. The minimum absolute atomic E-state index is 0.0227. The van der Waals surface area contributed by atoms with Gasteiger partial charge in [-0.15, -0.1) is 0 Å². The number of carbonyl (C=O) groups excluding carboxylic acids is 1. The van der Waals surface area contributed by atoms with E-state index in [1.54, 1.807) is 42.5 Å². The summed E-state index contributed by atoms with van der Waals surface area (Å²) in [4.78, 5) is 15.6. The second kappa shape index (κ2) is 11.2. The van der Waals surface area contributed by atoms with Gasteiger partial charge in [0.25, 0.3) is 0 Å². The first-order valence-corrected chi connectivity index (χ1v) is 16.4. The van der Waals surface area contributed by atoms with E-state index >= 15 is 4.79 Å². The predicted molar refractivity (Wildman–Crippen MR) is 189 cm³/mol. The minimum atomic E-state index is -1.16. The van der Waals surface area contributed by atoms with Crippen molar-refractivity contribution in [2.24, 2.45) is 0 Å². The van der Waals surface area contributed by atoms with Gasteiger partial charge < -0.3 is 44.9 Å². The smallest absolute Gasteiger partial charge is 0.176 e. The van der Waals surface area contributed by atoms with Gasteiger partial charge in [-0.3, -0.25) is 4.79 Å². The number of ether oxygens (including phenoxy) is 1. The van der Waals surface area contributed by atoms with Crippen molar-refractivity contribution in [2.45, 2.75) is 17.9 Å². The van der Waals surface area contributed by atoms with Crippen LogP contribution in [0.15, 0.2) is 114 Å². The summed E-state index contributed by atoms with van der Waals surface area (Å²) in [5.41, 5.74) is 3.87. The lowest BCUT2D eigenvalue weighted by molar-refractivity contribution is 0.0973. The highest BCUT2D eigenvalue weighted by molar-refractivity contribution is 6.22. The van der Waals surface area contributed by atoms with Crippen LogP contribution in [0, 0.1) is 0 Å². The van der Waals surface area contributed by atoms with E-state index in [0.29, 0.717) is 55.8 Å². The van der Waals surface area contributed by atoms with Gasteiger partial charge in [-0.1, -0.05) is 24.3 Å². The highest BCUT2D eigenvalue weighted by Crippen LogP contribution is 2.59. The first kappa shape index (κ1) is 30.9. The van der Waals surface area contributed by atoms with Gasteiger partial charge in [0, 0.05) is 51.4 Å². The van der Waals surface area contributed by atoms with Crippen LogP contribution in [0.25, 0.3) is 33.4 Å². The van der Waals surface area contributed by atoms with Crippen LogP contribution in [0.3, 0.4) is 0 Å². The lowest BCUT2D eigenvalue weighted by Gasteiger charge is -2.23. The third-order valence-electron chi connectivity index (χ3n) is 9.92. The molecule has 7 aromatic rings. The normalized spacial score (nSPS) is 17.4. The summed E-state index contributed by atoms with van der Waals surface area (Å²) < 4.78 is 13.2. The van der Waals surface area contributed by atoms with Gasteiger partial charge in [0.15, 0.2) is 5.78 Å². The Morgan fingerprint density at radius 1 is 0.519 bits per heavy atom. The number of phenolic OH excluding ortho intramolecular Hbond substituents is 7. The van der Waals surface area contributed by atoms with Gasteiger partial charge in [-0.05, 0) is 89.0 Å². The van der Waals surface area contributed by atoms with Crippen LogP contribution >= 0.6 is 0 Å². The van der Waals surface area contributed by atoms with Crippen LogP contribution in [-0.2, 0) is 0 Å². The van der Waals surface area contributed by atoms with E-state index in [4.69, 9.17) is 9.15 Å². The maximum Gasteiger partial charge on any atom is 0.176 e. The van der Waals surface area contributed by atoms with Crippen LogP contribution in [-0.4, -0.2) is 41.5 Å². The van der Waals surface area contributed by atoms with Gasteiger partial charge in [-0.25, -0.2) is 0 Å². The number of benzene rings is 6. The molecular weight excluding hydrogens is 664 g/mol. The molecule has 1 aliphatic carbocycles. The fraction of sp³-hybridized carbons (Fsp3) is 0.0714. The van der Waals surface area contributed by atoms with Gasteiger partial charge in [0.2, 0.25) is 0 Å². The largest absolute Gasteiger partial charge is 0.508 e. The van der Waals surface area contributed by atoms with E-state index in [9.17, 15) is 35.7 Å². The molecule has 0 saturated heterocycles. The lowest BCUT2D eigenvalue weighted by atomic mass is 9.78. The number of aromatic hydroxyl groups is 7. The molecule has 0 amide bonds. The Balaban J connectivity index is 1.43. The number of rotatable bonds is 4. The summed E-state index contributed by atoms with van der Waals surface area (Å²) in [7, 11) is 0. The Bertz CT molecular complexity index is 2570. The number of carbonyl (C=O) groups is 1. The van der Waals surface area contributed by atoms with E-state index < -0.39 is 23.7 Å². The first-order valence-electron chi connectivity index (χ1n) is 16.4. The molecule has 0 radical (unpaired) electrons. The zero-order chi connectivity index (χ0) is 36.0. The zero-order valence-corrected chi connectivity index (χ0v) is 27.0. The zero-order valence-electron chi connectivity index (χ0n) is 27.0. The van der Waals surface area contributed by atoms with Gasteiger partial charge in [-0.2, -0.15) is 0 Å². The summed E-state index contributed by atoms with van der Waals surface area (Å²) >= 11 is 0. The standard InChI is InChI=1S/C42H28O10/c43-23-7-1-19(2-8-23)33-35-29(16-28(48)17-30(35)49)36-38-32(52-42(36)21-5-11-25(45)12-6-21)18-31-37(39(38)40(33)50)34(22-13-26(46)15-27(47)14-22)41(51-31)20-3-9-24(44)10-4-20/h1-18,33-34,41,43-49H. The molecule has 7 N–H and O–H groups in total. The number of Topliss-reactive ketones (excluding diaryl/α,β-unsaturated/α-hetero) is 1. The van der Waals surface area contributed by atoms with Crippen molar-refractivity contribution in [1.29, 1.82) is 0 Å². The Kier molecular flexibility index (Phi) is 6.68. The van der Waals surface area contributed by atoms with Crippen molar-refractivity contribution in [3.8, 4) is 68.4 Å². The Morgan fingerprint density at radius 2 is 1.10 bits per heavy atom. The number of phenols is 7. The summed E-state index contributed by atoms with van der Waals surface area (Å²) in [6, 6.07) is 27.3. The topological polar surface area (TPSA) is 181 Å². The van der Waals surface area contributed by atoms with Crippen LogP contribution < -0.4 is 4.74 Å². The van der Waals surface area contributed by atoms with E-state index in [0.717, 1.165) is 0 Å². The molecular formula is C42H28O10. The number of fused-ring (bicyclic) bond motifs is 4. The molecule has 0 spiro atoms. The third kappa shape index (κ3) is 4.68. The molecule has 0 fully saturated rings. The van der Waals surface area contributed by atoms with Crippen LogP contribution in [0.2, 0.25) is 0 Å². The molecule has 9 rings (SSSR count). The van der Waals surface area contributed by atoms with E-state index in [2.05, 4.69) is 0 Å². The monoisotopic (exact) mass is 692 g/mol. The second-order valence-corrected chi connectivity index (χ2v) is 13.1. The van der Waals surface area contributed by atoms with Crippen molar-refractivity contribution < 1.29 is 49.7 Å². The maximum atomic E-state index is 15.6. The quantitative estimate of drug-likeness (QED) is 0.0948. The molecule has 10 nitrogen and oxygen atoms in total. The summed E-state index contributed by atoms with van der Waals surface area (Å²) in [5.74, 6) is -2.80. The van der Waals surface area contributed by atoms with Crippen molar-refractivity contribution >= 4 is 16.8 Å². The highest BCUT2D eigenvalue weighted by atomic mass is 16.5. The molecule has 2 aliphatic rings. The number of furan rings is 1. The predicted octanol–water partition coefficient (Wildman–Crippen LogP) is 8.30. The minimum Gasteiger partial charge on any atom is -0.508 e. The van der Waals surface area contributed by atoms with E-state index in [1.807, 2.05) is 0 Å². The van der Waals surface area contributed by atoms with Crippen LogP contribution in [0.4, 0.5) is 0 Å². The van der Waals surface area contributed by atoms with Crippen molar-refractivity contribution in [1.82, 2.24) is 0 Å². The van der Waals surface area contributed by atoms with Crippen molar-refractivity contribution in [3.05, 3.63) is 143 Å².